The molecule has 0 fully saturated rings. The molecule has 0 bridgehead atoms. The molecule has 9 aromatic carbocycles. The average Bonchev–Trinajstić information content (AvgIpc) is 3.62. The molecule has 0 amide bonds. The van der Waals surface area contributed by atoms with E-state index < -0.39 is 0 Å². The molecular formula is C55H41NO. The van der Waals surface area contributed by atoms with Gasteiger partial charge in [0.2, 0.25) is 0 Å². The van der Waals surface area contributed by atoms with Gasteiger partial charge >= 0.3 is 0 Å². The van der Waals surface area contributed by atoms with E-state index in [2.05, 4.69) is 202 Å². The zero-order valence-corrected chi connectivity index (χ0v) is 32.6. The minimum Gasteiger partial charge on any atom is -0.454 e. The van der Waals surface area contributed by atoms with Crippen molar-refractivity contribution < 1.29 is 4.42 Å². The predicted molar refractivity (Wildman–Crippen MR) is 242 cm³/mol. The van der Waals surface area contributed by atoms with Crippen molar-refractivity contribution in [2.45, 2.75) is 33.1 Å². The SMILES string of the molecule is Cc1ccc(-c2ccccc2)cc1N(c1ccc2cc3c(cc2c1)-c1cc2cc(-c4ccc(C(C)(C)C)cc4)ccc2cc1-3)c1cccc2c1oc1ccccc12. The van der Waals surface area contributed by atoms with Gasteiger partial charge < -0.3 is 9.32 Å². The van der Waals surface area contributed by atoms with Crippen molar-refractivity contribution in [3.8, 4) is 44.5 Å². The van der Waals surface area contributed by atoms with Crippen LogP contribution in [0.5, 0.6) is 0 Å². The summed E-state index contributed by atoms with van der Waals surface area (Å²) in [5.74, 6) is 0. The summed E-state index contributed by atoms with van der Waals surface area (Å²) in [7, 11) is 0. The molecule has 11 rings (SSSR count). The fourth-order valence-corrected chi connectivity index (χ4v) is 8.87. The lowest BCUT2D eigenvalue weighted by atomic mass is 9.77. The molecule has 0 unspecified atom stereocenters. The Morgan fingerprint density at radius 2 is 1.00 bits per heavy atom. The van der Waals surface area contributed by atoms with Crippen LogP contribution >= 0.6 is 0 Å². The molecule has 0 radical (unpaired) electrons. The average molecular weight is 732 g/mol. The number of anilines is 3. The zero-order valence-electron chi connectivity index (χ0n) is 32.6. The van der Waals surface area contributed by atoms with Crippen molar-refractivity contribution in [2.75, 3.05) is 4.90 Å². The van der Waals surface area contributed by atoms with E-state index in [0.29, 0.717) is 0 Å². The number of nitrogens with zero attached hydrogens (tertiary/aromatic N) is 1. The first-order chi connectivity index (χ1) is 27.8. The van der Waals surface area contributed by atoms with Gasteiger partial charge in [0.15, 0.2) is 5.58 Å². The van der Waals surface area contributed by atoms with Crippen LogP contribution in [0.4, 0.5) is 17.1 Å². The second-order valence-corrected chi connectivity index (χ2v) is 16.7. The van der Waals surface area contributed by atoms with Crippen molar-refractivity contribution in [2.24, 2.45) is 0 Å². The molecule has 10 aromatic rings. The molecular weight excluding hydrogens is 691 g/mol. The third kappa shape index (κ3) is 5.47. The fourth-order valence-electron chi connectivity index (χ4n) is 8.87. The Balaban J connectivity index is 1.04. The summed E-state index contributed by atoms with van der Waals surface area (Å²) in [6.45, 7) is 9.00. The molecule has 0 spiro atoms. The number of benzene rings is 9. The number of furan rings is 1. The van der Waals surface area contributed by atoms with Crippen LogP contribution in [0.15, 0.2) is 180 Å². The predicted octanol–water partition coefficient (Wildman–Crippen LogP) is 15.9. The smallest absolute Gasteiger partial charge is 0.159 e. The van der Waals surface area contributed by atoms with Crippen molar-refractivity contribution in [1.29, 1.82) is 0 Å². The van der Waals surface area contributed by atoms with E-state index in [1.807, 2.05) is 6.07 Å². The van der Waals surface area contributed by atoms with Crippen LogP contribution in [0.2, 0.25) is 0 Å². The molecule has 0 aliphatic heterocycles. The van der Waals surface area contributed by atoms with E-state index in [1.165, 1.54) is 77.2 Å². The van der Waals surface area contributed by atoms with Crippen molar-refractivity contribution >= 4 is 60.5 Å². The molecule has 0 atom stereocenters. The summed E-state index contributed by atoms with van der Waals surface area (Å²) in [4.78, 5) is 2.39. The lowest BCUT2D eigenvalue weighted by Crippen LogP contribution is -2.12. The van der Waals surface area contributed by atoms with Crippen LogP contribution in [0, 0.1) is 6.92 Å². The molecule has 0 saturated heterocycles. The van der Waals surface area contributed by atoms with E-state index in [4.69, 9.17) is 4.42 Å². The Hall–Kier alpha value is -6.90. The minimum absolute atomic E-state index is 0.135. The van der Waals surface area contributed by atoms with Gasteiger partial charge in [-0.15, -0.1) is 0 Å². The topological polar surface area (TPSA) is 16.4 Å². The lowest BCUT2D eigenvalue weighted by Gasteiger charge is -2.29. The number of fused-ring (bicyclic) bond motifs is 9. The summed E-state index contributed by atoms with van der Waals surface area (Å²) in [6, 6.07) is 64.6. The lowest BCUT2D eigenvalue weighted by molar-refractivity contribution is 0.590. The van der Waals surface area contributed by atoms with Crippen LogP contribution in [-0.4, -0.2) is 0 Å². The second kappa shape index (κ2) is 12.6. The molecule has 0 N–H and O–H groups in total. The maximum atomic E-state index is 6.68. The molecule has 2 nitrogen and oxygen atoms in total. The number of aryl methyl sites for hydroxylation is 1. The summed E-state index contributed by atoms with van der Waals surface area (Å²) in [5.41, 5.74) is 17.8. The van der Waals surface area contributed by atoms with Gasteiger partial charge in [0.05, 0.1) is 5.69 Å². The Kier molecular flexibility index (Phi) is 7.37. The second-order valence-electron chi connectivity index (χ2n) is 16.7. The van der Waals surface area contributed by atoms with Crippen LogP contribution in [0.25, 0.3) is 88.0 Å². The highest BCUT2D eigenvalue weighted by Crippen LogP contribution is 2.51. The number of para-hydroxylation sites is 2. The third-order valence-corrected chi connectivity index (χ3v) is 12.0. The molecule has 0 saturated carbocycles. The van der Waals surface area contributed by atoms with Crippen molar-refractivity contribution in [1.82, 2.24) is 0 Å². The molecule has 1 aliphatic carbocycles. The quantitative estimate of drug-likeness (QED) is 0.175. The third-order valence-electron chi connectivity index (χ3n) is 12.0. The molecule has 1 heterocycles. The standard InChI is InChI=1S/C55H41NO/c1-34-17-18-40(35-11-6-5-7-12-35)33-52(34)56(51-15-10-14-46-45-13-8-9-16-53(45)57-54(46)51)44-26-23-39-30-48-47-29-38-20-19-37(36-21-24-43(25-22-36)55(2,3)4)27-41(38)31-49(47)50(48)32-42(39)28-44/h5-33H,1-4H3. The molecule has 272 valence electrons. The largest absolute Gasteiger partial charge is 0.454 e. The highest BCUT2D eigenvalue weighted by atomic mass is 16.3. The van der Waals surface area contributed by atoms with Gasteiger partial charge in [-0.1, -0.05) is 136 Å². The highest BCUT2D eigenvalue weighted by molar-refractivity contribution is 6.13. The Labute approximate surface area is 333 Å². The van der Waals surface area contributed by atoms with E-state index in [9.17, 15) is 0 Å². The first kappa shape index (κ1) is 33.4. The van der Waals surface area contributed by atoms with Crippen molar-refractivity contribution in [3.05, 3.63) is 187 Å². The van der Waals surface area contributed by atoms with E-state index in [0.717, 1.165) is 39.0 Å². The van der Waals surface area contributed by atoms with Crippen LogP contribution < -0.4 is 4.90 Å². The zero-order chi connectivity index (χ0) is 38.4. The highest BCUT2D eigenvalue weighted by Gasteiger charge is 2.26. The Morgan fingerprint density at radius 1 is 0.421 bits per heavy atom. The Morgan fingerprint density at radius 3 is 1.74 bits per heavy atom. The van der Waals surface area contributed by atoms with E-state index in [1.54, 1.807) is 0 Å². The first-order valence-electron chi connectivity index (χ1n) is 19.9. The summed E-state index contributed by atoms with van der Waals surface area (Å²) in [6.07, 6.45) is 0. The minimum atomic E-state index is 0.135. The number of rotatable bonds is 5. The van der Waals surface area contributed by atoms with Crippen LogP contribution in [-0.2, 0) is 5.41 Å². The molecule has 2 heteroatoms. The normalized spacial score (nSPS) is 12.2. The van der Waals surface area contributed by atoms with Gasteiger partial charge in [0.1, 0.15) is 5.58 Å². The molecule has 1 aliphatic rings. The van der Waals surface area contributed by atoms with Gasteiger partial charge in [0.25, 0.3) is 0 Å². The van der Waals surface area contributed by atoms with Gasteiger partial charge in [-0.25, -0.2) is 0 Å². The maximum absolute atomic E-state index is 6.68. The molecule has 57 heavy (non-hydrogen) atoms. The summed E-state index contributed by atoms with van der Waals surface area (Å²) >= 11 is 0. The van der Waals surface area contributed by atoms with Crippen LogP contribution in [0.3, 0.4) is 0 Å². The van der Waals surface area contributed by atoms with Crippen molar-refractivity contribution in [3.63, 3.8) is 0 Å². The van der Waals surface area contributed by atoms with E-state index in [-0.39, 0.29) is 5.41 Å². The van der Waals surface area contributed by atoms with Gasteiger partial charge in [-0.2, -0.15) is 0 Å². The number of hydrogen-bond acceptors (Lipinski definition) is 2. The maximum Gasteiger partial charge on any atom is 0.159 e. The van der Waals surface area contributed by atoms with E-state index >= 15 is 0 Å². The monoisotopic (exact) mass is 731 g/mol. The fraction of sp³-hybridized carbons (Fsp3) is 0.0909. The molecule has 1 aromatic heterocycles. The van der Waals surface area contributed by atoms with Crippen LogP contribution in [0.1, 0.15) is 31.9 Å². The van der Waals surface area contributed by atoms with Gasteiger partial charge in [0, 0.05) is 22.1 Å². The number of hydrogen-bond donors (Lipinski definition) is 0. The summed E-state index contributed by atoms with van der Waals surface area (Å²) in [5, 5.41) is 7.22. The van der Waals surface area contributed by atoms with Gasteiger partial charge in [-0.05, 0) is 150 Å². The summed E-state index contributed by atoms with van der Waals surface area (Å²) < 4.78 is 6.68. The first-order valence-corrected chi connectivity index (χ1v) is 19.9. The Bertz CT molecular complexity index is 3220. The van der Waals surface area contributed by atoms with Gasteiger partial charge in [-0.3, -0.25) is 0 Å².